The number of carboxylic acid groups (broad SMARTS) is 2. The Bertz CT molecular complexity index is 646. The predicted molar refractivity (Wildman–Crippen MR) is 112 cm³/mol. The maximum Gasteiger partial charge on any atom is 0.328 e. The number of halogens is 2. The normalized spacial score (nSPS) is 14.7. The van der Waals surface area contributed by atoms with Crippen LogP contribution in [0.1, 0.15) is 38.2 Å². The zero-order valence-electron chi connectivity index (χ0n) is 16.0. The van der Waals surface area contributed by atoms with Gasteiger partial charge in [0.15, 0.2) is 0 Å². The van der Waals surface area contributed by atoms with Gasteiger partial charge >= 0.3 is 11.9 Å². The number of hydrogen-bond acceptors (Lipinski definition) is 4. The van der Waals surface area contributed by atoms with Crippen molar-refractivity contribution < 1.29 is 19.8 Å². The fraction of sp³-hybridized carbons (Fsp3) is 0.500. The zero-order chi connectivity index (χ0) is 20.9. The number of aliphatic carboxylic acids is 2. The number of nitrogens with zero attached hydrogens (tertiary/aromatic N) is 1. The van der Waals surface area contributed by atoms with Crippen LogP contribution in [-0.2, 0) is 16.1 Å². The molecule has 1 aromatic rings. The lowest BCUT2D eigenvalue weighted by Crippen LogP contribution is -2.43. The third-order valence-corrected chi connectivity index (χ3v) is 4.97. The van der Waals surface area contributed by atoms with Crippen molar-refractivity contribution in [3.05, 3.63) is 46.0 Å². The molecule has 2 rings (SSSR count). The Hall–Kier alpha value is -1.60. The largest absolute Gasteiger partial charge is 0.478 e. The molecule has 0 spiro atoms. The van der Waals surface area contributed by atoms with Crippen LogP contribution in [0.3, 0.4) is 0 Å². The Kier molecular flexibility index (Phi) is 11.8. The third-order valence-electron chi connectivity index (χ3n) is 4.38. The molecule has 0 aromatic heterocycles. The molecule has 8 heteroatoms. The van der Waals surface area contributed by atoms with E-state index >= 15 is 0 Å². The van der Waals surface area contributed by atoms with E-state index in [1.54, 1.807) is 0 Å². The fourth-order valence-corrected chi connectivity index (χ4v) is 3.40. The Labute approximate surface area is 176 Å². The van der Waals surface area contributed by atoms with Crippen LogP contribution in [0.5, 0.6) is 0 Å². The van der Waals surface area contributed by atoms with Gasteiger partial charge in [0.25, 0.3) is 0 Å². The standard InChI is InChI=1S/C16H24Cl2N2.C4H4O4/c1-2-3-10-20(15-6-8-19-9-7-15)12-13-4-5-14(17)11-16(13)18;5-3(6)1-2-4(7)8/h4-5,11,15,19H,2-3,6-10,12H2,1H3;1-2H,(H,5,6)(H,7,8)/b;2-1+. The van der Waals surface area contributed by atoms with Gasteiger partial charge < -0.3 is 15.5 Å². The number of piperidine rings is 1. The van der Waals surface area contributed by atoms with E-state index in [2.05, 4.69) is 23.2 Å². The first-order valence-electron chi connectivity index (χ1n) is 9.36. The van der Waals surface area contributed by atoms with Gasteiger partial charge in [0.1, 0.15) is 0 Å². The summed E-state index contributed by atoms with van der Waals surface area (Å²) in [6.07, 6.45) is 6.06. The highest BCUT2D eigenvalue weighted by atomic mass is 35.5. The van der Waals surface area contributed by atoms with Crippen molar-refractivity contribution in [2.45, 2.75) is 45.2 Å². The van der Waals surface area contributed by atoms with Crippen molar-refractivity contribution in [2.24, 2.45) is 0 Å². The van der Waals surface area contributed by atoms with Crippen LogP contribution in [-0.4, -0.2) is 52.7 Å². The van der Waals surface area contributed by atoms with Gasteiger partial charge in [0.05, 0.1) is 0 Å². The van der Waals surface area contributed by atoms with Gasteiger partial charge in [-0.05, 0) is 56.6 Å². The lowest BCUT2D eigenvalue weighted by atomic mass is 10.0. The average molecular weight is 431 g/mol. The number of nitrogens with one attached hydrogen (secondary N) is 1. The Morgan fingerprint density at radius 3 is 2.29 bits per heavy atom. The van der Waals surface area contributed by atoms with Crippen LogP contribution in [0.4, 0.5) is 0 Å². The number of carboxylic acids is 2. The second-order valence-corrected chi connectivity index (χ2v) is 7.39. The minimum absolute atomic E-state index is 0.558. The summed E-state index contributed by atoms with van der Waals surface area (Å²) in [4.78, 5) is 21.7. The molecule has 3 N–H and O–H groups in total. The minimum Gasteiger partial charge on any atom is -0.478 e. The first-order chi connectivity index (χ1) is 13.3. The molecule has 156 valence electrons. The van der Waals surface area contributed by atoms with Crippen molar-refractivity contribution in [2.75, 3.05) is 19.6 Å². The van der Waals surface area contributed by atoms with E-state index < -0.39 is 11.9 Å². The van der Waals surface area contributed by atoms with E-state index in [0.717, 1.165) is 31.2 Å². The second-order valence-electron chi connectivity index (χ2n) is 6.55. The summed E-state index contributed by atoms with van der Waals surface area (Å²) in [7, 11) is 0. The Morgan fingerprint density at radius 2 is 1.79 bits per heavy atom. The van der Waals surface area contributed by atoms with Gasteiger partial charge in [-0.1, -0.05) is 42.6 Å². The maximum absolute atomic E-state index is 9.55. The minimum atomic E-state index is -1.26. The number of unbranched alkanes of at least 4 members (excludes halogenated alkanes) is 1. The van der Waals surface area contributed by atoms with Crippen molar-refractivity contribution in [3.63, 3.8) is 0 Å². The van der Waals surface area contributed by atoms with Crippen LogP contribution in [0.25, 0.3) is 0 Å². The van der Waals surface area contributed by atoms with Crippen molar-refractivity contribution in [1.82, 2.24) is 10.2 Å². The first-order valence-corrected chi connectivity index (χ1v) is 10.1. The zero-order valence-corrected chi connectivity index (χ0v) is 17.5. The van der Waals surface area contributed by atoms with Gasteiger partial charge in [-0.15, -0.1) is 0 Å². The van der Waals surface area contributed by atoms with E-state index in [1.165, 1.54) is 31.2 Å². The van der Waals surface area contributed by atoms with Crippen molar-refractivity contribution in [1.29, 1.82) is 0 Å². The molecular weight excluding hydrogens is 403 g/mol. The van der Waals surface area contributed by atoms with E-state index in [9.17, 15) is 9.59 Å². The van der Waals surface area contributed by atoms with E-state index in [1.807, 2.05) is 12.1 Å². The summed E-state index contributed by atoms with van der Waals surface area (Å²) >= 11 is 12.3. The van der Waals surface area contributed by atoms with Crippen LogP contribution in [0.15, 0.2) is 30.4 Å². The molecule has 0 aliphatic carbocycles. The SMILES string of the molecule is CCCCN(Cc1ccc(Cl)cc1Cl)C1CCNCC1.O=C(O)/C=C/C(=O)O. The molecule has 0 unspecified atom stereocenters. The smallest absolute Gasteiger partial charge is 0.328 e. The van der Waals surface area contributed by atoms with Gasteiger partial charge in [-0.2, -0.15) is 0 Å². The summed E-state index contributed by atoms with van der Waals surface area (Å²) in [6.45, 7) is 6.58. The highest BCUT2D eigenvalue weighted by molar-refractivity contribution is 6.35. The molecule has 0 amide bonds. The molecule has 1 saturated heterocycles. The van der Waals surface area contributed by atoms with Crippen molar-refractivity contribution >= 4 is 35.1 Å². The monoisotopic (exact) mass is 430 g/mol. The molecule has 6 nitrogen and oxygen atoms in total. The van der Waals surface area contributed by atoms with Crippen molar-refractivity contribution in [3.8, 4) is 0 Å². The molecule has 1 aliphatic heterocycles. The summed E-state index contributed by atoms with van der Waals surface area (Å²) in [5.74, 6) is -2.51. The first kappa shape index (κ1) is 24.4. The number of hydrogen-bond donors (Lipinski definition) is 3. The molecule has 1 heterocycles. The maximum atomic E-state index is 9.55. The van der Waals surface area contributed by atoms with E-state index in [0.29, 0.717) is 23.2 Å². The topological polar surface area (TPSA) is 89.9 Å². The predicted octanol–water partition coefficient (Wildman–Crippen LogP) is 4.06. The number of benzene rings is 1. The van der Waals surface area contributed by atoms with E-state index in [4.69, 9.17) is 33.4 Å². The Balaban J connectivity index is 0.000000416. The molecule has 0 bridgehead atoms. The molecule has 1 aliphatic rings. The van der Waals surface area contributed by atoms with Crippen LogP contribution in [0, 0.1) is 0 Å². The van der Waals surface area contributed by atoms with Gasteiger partial charge in [0.2, 0.25) is 0 Å². The van der Waals surface area contributed by atoms with Gasteiger partial charge in [-0.25, -0.2) is 9.59 Å². The lowest BCUT2D eigenvalue weighted by Gasteiger charge is -2.35. The molecule has 0 atom stereocenters. The number of carbonyl (C=O) groups is 2. The lowest BCUT2D eigenvalue weighted by molar-refractivity contribution is -0.134. The summed E-state index contributed by atoms with van der Waals surface area (Å²) in [6, 6.07) is 6.52. The molecule has 28 heavy (non-hydrogen) atoms. The highest BCUT2D eigenvalue weighted by Gasteiger charge is 2.21. The quantitative estimate of drug-likeness (QED) is 0.538. The summed E-state index contributed by atoms with van der Waals surface area (Å²) in [5, 5.41) is 20.6. The summed E-state index contributed by atoms with van der Waals surface area (Å²) < 4.78 is 0. The fourth-order valence-electron chi connectivity index (χ4n) is 2.94. The molecule has 0 saturated carbocycles. The molecule has 0 radical (unpaired) electrons. The highest BCUT2D eigenvalue weighted by Crippen LogP contribution is 2.24. The average Bonchev–Trinajstić information content (AvgIpc) is 2.66. The Morgan fingerprint density at radius 1 is 1.18 bits per heavy atom. The second kappa shape index (κ2) is 13.6. The molecule has 1 aromatic carbocycles. The van der Waals surface area contributed by atoms with Gasteiger partial charge in [0, 0.05) is 34.8 Å². The third kappa shape index (κ3) is 10.1. The van der Waals surface area contributed by atoms with Crippen LogP contribution < -0.4 is 5.32 Å². The van der Waals surface area contributed by atoms with E-state index in [-0.39, 0.29) is 0 Å². The summed E-state index contributed by atoms with van der Waals surface area (Å²) in [5.41, 5.74) is 1.19. The van der Waals surface area contributed by atoms with Gasteiger partial charge in [-0.3, -0.25) is 4.90 Å². The van der Waals surface area contributed by atoms with Crippen LogP contribution in [0.2, 0.25) is 10.0 Å². The van der Waals surface area contributed by atoms with Crippen LogP contribution >= 0.6 is 23.2 Å². The number of rotatable bonds is 8. The molecule has 1 fully saturated rings. The molecular formula is C20H28Cl2N2O4.